The fourth-order valence-corrected chi connectivity index (χ4v) is 2.22. The van der Waals surface area contributed by atoms with E-state index in [1.54, 1.807) is 12.1 Å². The van der Waals surface area contributed by atoms with Crippen LogP contribution in [0.3, 0.4) is 0 Å². The average Bonchev–Trinajstić information content (AvgIpc) is 2.94. The van der Waals surface area contributed by atoms with Crippen molar-refractivity contribution in [2.75, 3.05) is 6.79 Å². The van der Waals surface area contributed by atoms with Gasteiger partial charge < -0.3 is 19.3 Å². The lowest BCUT2D eigenvalue weighted by molar-refractivity contribution is 0.0691. The van der Waals surface area contributed by atoms with E-state index in [0.717, 1.165) is 5.56 Å². The summed E-state index contributed by atoms with van der Waals surface area (Å²) in [5.74, 6) is 0.175. The molecule has 1 N–H and O–H groups in total. The maximum atomic E-state index is 11.1. The van der Waals surface area contributed by atoms with E-state index in [-0.39, 0.29) is 24.7 Å². The summed E-state index contributed by atoms with van der Waals surface area (Å²) in [7, 11) is 0. The summed E-state index contributed by atoms with van der Waals surface area (Å²) in [6.07, 6.45) is 2.76. The Bertz CT molecular complexity index is 704. The molecule has 1 aromatic carbocycles. The minimum atomic E-state index is -1.07. The summed E-state index contributed by atoms with van der Waals surface area (Å²) in [6, 6.07) is 4.81. The van der Waals surface area contributed by atoms with Crippen LogP contribution in [0.15, 0.2) is 30.6 Å². The zero-order chi connectivity index (χ0) is 14.8. The summed E-state index contributed by atoms with van der Waals surface area (Å²) >= 11 is 6.07. The number of hydrogen-bond acceptors (Lipinski definition) is 5. The summed E-state index contributed by atoms with van der Waals surface area (Å²) < 4.78 is 16.0. The second-order valence-electron chi connectivity index (χ2n) is 4.28. The average molecular weight is 308 g/mol. The van der Waals surface area contributed by atoms with Gasteiger partial charge in [-0.25, -0.2) is 4.79 Å². The Morgan fingerprint density at radius 3 is 3.10 bits per heavy atom. The third kappa shape index (κ3) is 2.71. The molecule has 0 fully saturated rings. The van der Waals surface area contributed by atoms with Crippen molar-refractivity contribution in [3.05, 3.63) is 46.7 Å². The minimum absolute atomic E-state index is 0.0526. The smallest absolute Gasteiger partial charge is 0.339 e. The van der Waals surface area contributed by atoms with Gasteiger partial charge in [0.25, 0.3) is 0 Å². The van der Waals surface area contributed by atoms with E-state index in [1.165, 1.54) is 18.5 Å². The van der Waals surface area contributed by atoms with E-state index in [4.69, 9.17) is 30.9 Å². The number of nitrogens with zero attached hydrogens (tertiary/aromatic N) is 1. The SMILES string of the molecule is O=C(O)c1ccncc1OCc1cc(Cl)c2c(c1)OCO2. The number of carboxylic acids is 1. The van der Waals surface area contributed by atoms with Crippen LogP contribution in [0.25, 0.3) is 0 Å². The molecule has 0 saturated carbocycles. The van der Waals surface area contributed by atoms with E-state index in [1.807, 2.05) is 0 Å². The second kappa shape index (κ2) is 5.49. The molecule has 0 atom stereocenters. The molecule has 0 bridgehead atoms. The van der Waals surface area contributed by atoms with Crippen molar-refractivity contribution in [2.24, 2.45) is 0 Å². The Kier molecular flexibility index (Phi) is 3.53. The number of aromatic carboxylic acids is 1. The van der Waals surface area contributed by atoms with Crippen LogP contribution in [0.1, 0.15) is 15.9 Å². The van der Waals surface area contributed by atoms with Crippen LogP contribution in [0.4, 0.5) is 0 Å². The quantitative estimate of drug-likeness (QED) is 0.935. The van der Waals surface area contributed by atoms with Crippen LogP contribution in [0, 0.1) is 0 Å². The third-order valence-corrected chi connectivity index (χ3v) is 3.18. The first-order valence-corrected chi connectivity index (χ1v) is 6.41. The zero-order valence-electron chi connectivity index (χ0n) is 10.7. The molecule has 0 saturated heterocycles. The molecule has 0 radical (unpaired) electrons. The molecule has 1 aliphatic rings. The predicted molar refractivity (Wildman–Crippen MR) is 73.1 cm³/mol. The topological polar surface area (TPSA) is 77.9 Å². The summed E-state index contributed by atoms with van der Waals surface area (Å²) in [6.45, 7) is 0.271. The number of aromatic nitrogens is 1. The van der Waals surface area contributed by atoms with Gasteiger partial charge >= 0.3 is 5.97 Å². The zero-order valence-corrected chi connectivity index (χ0v) is 11.5. The van der Waals surface area contributed by atoms with Gasteiger partial charge in [0.2, 0.25) is 6.79 Å². The van der Waals surface area contributed by atoms with Gasteiger partial charge in [0, 0.05) is 6.20 Å². The van der Waals surface area contributed by atoms with Gasteiger partial charge in [0.1, 0.15) is 12.2 Å². The van der Waals surface area contributed by atoms with Crippen LogP contribution in [0.2, 0.25) is 5.02 Å². The molecule has 0 aliphatic carbocycles. The molecule has 1 aliphatic heterocycles. The van der Waals surface area contributed by atoms with Crippen molar-refractivity contribution in [3.63, 3.8) is 0 Å². The Hall–Kier alpha value is -2.47. The molecule has 2 heterocycles. The summed E-state index contributed by atoms with van der Waals surface area (Å²) in [4.78, 5) is 14.9. The van der Waals surface area contributed by atoms with E-state index in [2.05, 4.69) is 4.98 Å². The fraction of sp³-hybridized carbons (Fsp3) is 0.143. The van der Waals surface area contributed by atoms with Gasteiger partial charge in [-0.05, 0) is 23.8 Å². The molecule has 7 heteroatoms. The molecular weight excluding hydrogens is 298 g/mol. The van der Waals surface area contributed by atoms with Crippen LogP contribution in [-0.2, 0) is 6.61 Å². The van der Waals surface area contributed by atoms with Crippen molar-refractivity contribution in [1.82, 2.24) is 4.98 Å². The molecule has 3 rings (SSSR count). The van der Waals surface area contributed by atoms with Crippen molar-refractivity contribution >= 4 is 17.6 Å². The number of benzene rings is 1. The molecule has 108 valence electrons. The van der Waals surface area contributed by atoms with Crippen molar-refractivity contribution in [1.29, 1.82) is 0 Å². The molecule has 2 aromatic rings. The van der Waals surface area contributed by atoms with Gasteiger partial charge in [0.15, 0.2) is 17.2 Å². The Morgan fingerprint density at radius 1 is 1.43 bits per heavy atom. The standard InChI is InChI=1S/C14H10ClNO5/c15-10-3-8(4-11-13(10)21-7-20-11)6-19-12-5-16-2-1-9(12)14(17)18/h1-5H,6-7H2,(H,17,18). The minimum Gasteiger partial charge on any atom is -0.486 e. The maximum absolute atomic E-state index is 11.1. The lowest BCUT2D eigenvalue weighted by Gasteiger charge is -2.09. The maximum Gasteiger partial charge on any atom is 0.339 e. The van der Waals surface area contributed by atoms with Crippen molar-refractivity contribution in [2.45, 2.75) is 6.61 Å². The second-order valence-corrected chi connectivity index (χ2v) is 4.68. The first-order chi connectivity index (χ1) is 10.1. The fourth-order valence-electron chi connectivity index (χ4n) is 1.94. The molecule has 0 spiro atoms. The molecule has 21 heavy (non-hydrogen) atoms. The molecule has 6 nitrogen and oxygen atoms in total. The molecule has 0 amide bonds. The monoisotopic (exact) mass is 307 g/mol. The highest BCUT2D eigenvalue weighted by Gasteiger charge is 2.19. The molecular formula is C14H10ClNO5. The van der Waals surface area contributed by atoms with Crippen LogP contribution < -0.4 is 14.2 Å². The number of hydrogen-bond donors (Lipinski definition) is 1. The molecule has 1 aromatic heterocycles. The van der Waals surface area contributed by atoms with Gasteiger partial charge in [0.05, 0.1) is 11.2 Å². The van der Waals surface area contributed by atoms with E-state index in [0.29, 0.717) is 16.5 Å². The number of halogens is 1. The predicted octanol–water partition coefficient (Wildman–Crippen LogP) is 2.74. The van der Waals surface area contributed by atoms with Crippen molar-refractivity contribution in [3.8, 4) is 17.2 Å². The highest BCUT2D eigenvalue weighted by molar-refractivity contribution is 6.32. The number of fused-ring (bicyclic) bond motifs is 1. The van der Waals surface area contributed by atoms with Crippen LogP contribution >= 0.6 is 11.6 Å². The van der Waals surface area contributed by atoms with Gasteiger partial charge in [-0.2, -0.15) is 0 Å². The van der Waals surface area contributed by atoms with Crippen LogP contribution in [0.5, 0.6) is 17.2 Å². The van der Waals surface area contributed by atoms with Crippen LogP contribution in [-0.4, -0.2) is 22.9 Å². The first kappa shape index (κ1) is 13.5. The van der Waals surface area contributed by atoms with Gasteiger partial charge in [-0.3, -0.25) is 4.98 Å². The van der Waals surface area contributed by atoms with E-state index in [9.17, 15) is 4.79 Å². The lowest BCUT2D eigenvalue weighted by Crippen LogP contribution is -2.04. The highest BCUT2D eigenvalue weighted by atomic mass is 35.5. The highest BCUT2D eigenvalue weighted by Crippen LogP contribution is 2.40. The lowest BCUT2D eigenvalue weighted by atomic mass is 10.2. The van der Waals surface area contributed by atoms with Gasteiger partial charge in [-0.1, -0.05) is 11.6 Å². The normalized spacial score (nSPS) is 12.2. The summed E-state index contributed by atoms with van der Waals surface area (Å²) in [5.41, 5.74) is 0.793. The van der Waals surface area contributed by atoms with E-state index < -0.39 is 5.97 Å². The first-order valence-electron chi connectivity index (χ1n) is 6.03. The third-order valence-electron chi connectivity index (χ3n) is 2.90. The van der Waals surface area contributed by atoms with Gasteiger partial charge in [-0.15, -0.1) is 0 Å². The Balaban J connectivity index is 1.80. The van der Waals surface area contributed by atoms with Crippen molar-refractivity contribution < 1.29 is 24.1 Å². The molecule has 0 unspecified atom stereocenters. The number of ether oxygens (including phenoxy) is 3. The number of rotatable bonds is 4. The van der Waals surface area contributed by atoms with E-state index >= 15 is 0 Å². The number of carboxylic acid groups (broad SMARTS) is 1. The number of pyridine rings is 1. The largest absolute Gasteiger partial charge is 0.486 e. The summed E-state index contributed by atoms with van der Waals surface area (Å²) in [5, 5.41) is 9.49. The number of carbonyl (C=O) groups is 1. The Labute approximate surface area is 124 Å². The Morgan fingerprint density at radius 2 is 2.29 bits per heavy atom.